The van der Waals surface area contributed by atoms with E-state index in [4.69, 9.17) is 5.14 Å². The predicted molar refractivity (Wildman–Crippen MR) is 74.5 cm³/mol. The molecule has 0 bridgehead atoms. The molecule has 0 unspecified atom stereocenters. The number of benzene rings is 1. The highest BCUT2D eigenvalue weighted by Crippen LogP contribution is 2.11. The molecule has 1 amide bonds. The quantitative estimate of drug-likeness (QED) is 0.782. The van der Waals surface area contributed by atoms with Gasteiger partial charge in [-0.15, -0.1) is 0 Å². The fourth-order valence-corrected chi connectivity index (χ4v) is 2.60. The molecule has 0 aromatic heterocycles. The number of primary sulfonamides is 1. The second-order valence-corrected chi connectivity index (χ2v) is 8.25. The summed E-state index contributed by atoms with van der Waals surface area (Å²) < 4.78 is 44.5. The van der Waals surface area contributed by atoms with Crippen molar-refractivity contribution in [1.29, 1.82) is 0 Å². The Hall–Kier alpha value is -1.45. The summed E-state index contributed by atoms with van der Waals surface area (Å²) in [5, 5.41) is 4.99. The standard InChI is InChI=1S/C11H16N2O5S2/c1-13(6-7-19(2,15)16)11(14)9-4-3-5-10(8-9)20(12,17)18/h3-5,8H,6-7H2,1-2H3,(H2,12,17,18). The minimum Gasteiger partial charge on any atom is -0.341 e. The molecular weight excluding hydrogens is 304 g/mol. The molecule has 0 aliphatic rings. The maximum atomic E-state index is 12.0. The lowest BCUT2D eigenvalue weighted by molar-refractivity contribution is 0.0803. The average Bonchev–Trinajstić information content (AvgIpc) is 2.33. The fourth-order valence-electron chi connectivity index (χ4n) is 1.43. The molecule has 0 aliphatic carbocycles. The Morgan fingerprint density at radius 2 is 1.85 bits per heavy atom. The second kappa shape index (κ2) is 5.90. The summed E-state index contributed by atoms with van der Waals surface area (Å²) in [4.78, 5) is 13.1. The lowest BCUT2D eigenvalue weighted by atomic mass is 10.2. The fraction of sp³-hybridized carbons (Fsp3) is 0.364. The van der Waals surface area contributed by atoms with Crippen molar-refractivity contribution in [2.24, 2.45) is 5.14 Å². The zero-order chi connectivity index (χ0) is 15.6. The topological polar surface area (TPSA) is 115 Å². The van der Waals surface area contributed by atoms with Crippen LogP contribution in [-0.4, -0.2) is 53.2 Å². The van der Waals surface area contributed by atoms with Gasteiger partial charge in [-0.25, -0.2) is 22.0 Å². The van der Waals surface area contributed by atoms with Crippen LogP contribution in [-0.2, 0) is 19.9 Å². The van der Waals surface area contributed by atoms with Gasteiger partial charge in [0, 0.05) is 25.4 Å². The first-order valence-electron chi connectivity index (χ1n) is 5.57. The van der Waals surface area contributed by atoms with Gasteiger partial charge in [-0.05, 0) is 18.2 Å². The lowest BCUT2D eigenvalue weighted by Crippen LogP contribution is -2.31. The second-order valence-electron chi connectivity index (χ2n) is 4.43. The molecule has 1 aromatic rings. The molecular formula is C11H16N2O5S2. The highest BCUT2D eigenvalue weighted by molar-refractivity contribution is 7.90. The van der Waals surface area contributed by atoms with E-state index >= 15 is 0 Å². The third-order valence-corrected chi connectivity index (χ3v) is 4.39. The smallest absolute Gasteiger partial charge is 0.253 e. The lowest BCUT2D eigenvalue weighted by Gasteiger charge is -2.16. The number of rotatable bonds is 5. The van der Waals surface area contributed by atoms with Gasteiger partial charge in [-0.1, -0.05) is 6.07 Å². The minimum absolute atomic E-state index is 0.0251. The molecule has 7 nitrogen and oxygen atoms in total. The summed E-state index contributed by atoms with van der Waals surface area (Å²) in [6.07, 6.45) is 1.08. The Kier molecular flexibility index (Phi) is 4.90. The molecule has 0 heterocycles. The van der Waals surface area contributed by atoms with Crippen LogP contribution in [0.1, 0.15) is 10.4 Å². The van der Waals surface area contributed by atoms with E-state index in [1.54, 1.807) is 0 Å². The summed E-state index contributed by atoms with van der Waals surface area (Å²) in [6, 6.07) is 5.28. The highest BCUT2D eigenvalue weighted by atomic mass is 32.2. The number of nitrogens with zero attached hydrogens (tertiary/aromatic N) is 1. The number of sulfone groups is 1. The first-order valence-corrected chi connectivity index (χ1v) is 9.17. The maximum Gasteiger partial charge on any atom is 0.253 e. The average molecular weight is 320 g/mol. The van der Waals surface area contributed by atoms with Gasteiger partial charge < -0.3 is 4.90 Å². The molecule has 0 radical (unpaired) electrons. The van der Waals surface area contributed by atoms with Crippen LogP contribution < -0.4 is 5.14 Å². The molecule has 9 heteroatoms. The Bertz CT molecular complexity index is 710. The van der Waals surface area contributed by atoms with Crippen LogP contribution in [0.2, 0.25) is 0 Å². The number of nitrogens with two attached hydrogens (primary N) is 1. The zero-order valence-corrected chi connectivity index (χ0v) is 12.7. The van der Waals surface area contributed by atoms with Gasteiger partial charge in [0.2, 0.25) is 10.0 Å². The van der Waals surface area contributed by atoms with Gasteiger partial charge in [0.1, 0.15) is 9.84 Å². The molecule has 20 heavy (non-hydrogen) atoms. The number of amides is 1. The van der Waals surface area contributed by atoms with Crippen LogP contribution >= 0.6 is 0 Å². The van der Waals surface area contributed by atoms with Crippen molar-refractivity contribution >= 4 is 25.8 Å². The molecule has 0 aliphatic heterocycles. The van der Waals surface area contributed by atoms with Gasteiger partial charge in [0.15, 0.2) is 0 Å². The number of carbonyl (C=O) groups is 1. The summed E-state index contributed by atoms with van der Waals surface area (Å²) in [6.45, 7) is 0.0251. The number of hydrogen-bond donors (Lipinski definition) is 1. The van der Waals surface area contributed by atoms with E-state index in [9.17, 15) is 21.6 Å². The monoisotopic (exact) mass is 320 g/mol. The van der Waals surface area contributed by atoms with Crippen molar-refractivity contribution in [3.8, 4) is 0 Å². The van der Waals surface area contributed by atoms with Crippen molar-refractivity contribution in [2.45, 2.75) is 4.90 Å². The molecule has 1 aromatic carbocycles. The third-order valence-electron chi connectivity index (χ3n) is 2.55. The van der Waals surface area contributed by atoms with Gasteiger partial charge in [0.05, 0.1) is 10.6 Å². The van der Waals surface area contributed by atoms with Gasteiger partial charge >= 0.3 is 0 Å². The van der Waals surface area contributed by atoms with E-state index in [0.717, 1.165) is 12.3 Å². The SMILES string of the molecule is CN(CCS(C)(=O)=O)C(=O)c1cccc(S(N)(=O)=O)c1. The van der Waals surface area contributed by atoms with Crippen LogP contribution in [0.5, 0.6) is 0 Å². The van der Waals surface area contributed by atoms with Gasteiger partial charge in [0.25, 0.3) is 5.91 Å². The Labute approximate surface area is 118 Å². The predicted octanol–water partition coefficient (Wildman–Crippen LogP) is -0.549. The molecule has 1 rings (SSSR count). The Balaban J connectivity index is 2.93. The third kappa shape index (κ3) is 4.91. The maximum absolute atomic E-state index is 12.0. The summed E-state index contributed by atoms with van der Waals surface area (Å²) in [5.41, 5.74) is 0.132. The van der Waals surface area contributed by atoms with E-state index < -0.39 is 25.8 Å². The summed E-state index contributed by atoms with van der Waals surface area (Å²) in [5.74, 6) is -0.636. The van der Waals surface area contributed by atoms with Crippen LogP contribution in [0, 0.1) is 0 Å². The first kappa shape index (κ1) is 16.6. The minimum atomic E-state index is -3.89. The van der Waals surface area contributed by atoms with Gasteiger partial charge in [-0.3, -0.25) is 4.79 Å². The molecule has 112 valence electrons. The van der Waals surface area contributed by atoms with E-state index in [0.29, 0.717) is 0 Å². The Morgan fingerprint density at radius 3 is 2.35 bits per heavy atom. The van der Waals surface area contributed by atoms with Crippen LogP contribution in [0.25, 0.3) is 0 Å². The molecule has 0 saturated heterocycles. The highest BCUT2D eigenvalue weighted by Gasteiger charge is 2.16. The normalized spacial score (nSPS) is 12.2. The number of sulfonamides is 1. The van der Waals surface area contributed by atoms with Crippen LogP contribution in [0.4, 0.5) is 0 Å². The van der Waals surface area contributed by atoms with E-state index in [-0.39, 0.29) is 22.8 Å². The van der Waals surface area contributed by atoms with Crippen LogP contribution in [0.15, 0.2) is 29.2 Å². The van der Waals surface area contributed by atoms with Crippen molar-refractivity contribution in [3.05, 3.63) is 29.8 Å². The first-order chi connectivity index (χ1) is 9.00. The van der Waals surface area contributed by atoms with Crippen molar-refractivity contribution < 1.29 is 21.6 Å². The zero-order valence-electron chi connectivity index (χ0n) is 11.1. The number of carbonyl (C=O) groups excluding carboxylic acids is 1. The Morgan fingerprint density at radius 1 is 1.25 bits per heavy atom. The van der Waals surface area contributed by atoms with Crippen LogP contribution in [0.3, 0.4) is 0 Å². The van der Waals surface area contributed by atoms with E-state index in [1.165, 1.54) is 30.1 Å². The summed E-state index contributed by atoms with van der Waals surface area (Å²) >= 11 is 0. The van der Waals surface area contributed by atoms with E-state index in [1.807, 2.05) is 0 Å². The molecule has 0 spiro atoms. The molecule has 0 fully saturated rings. The van der Waals surface area contributed by atoms with Crippen molar-refractivity contribution in [3.63, 3.8) is 0 Å². The van der Waals surface area contributed by atoms with E-state index in [2.05, 4.69) is 0 Å². The number of hydrogen-bond acceptors (Lipinski definition) is 5. The molecule has 0 saturated carbocycles. The van der Waals surface area contributed by atoms with Crippen molar-refractivity contribution in [1.82, 2.24) is 4.90 Å². The van der Waals surface area contributed by atoms with Gasteiger partial charge in [-0.2, -0.15) is 0 Å². The molecule has 0 atom stereocenters. The summed E-state index contributed by atoms with van der Waals surface area (Å²) in [7, 11) is -5.62. The molecule has 2 N–H and O–H groups in total. The van der Waals surface area contributed by atoms with Crippen molar-refractivity contribution in [2.75, 3.05) is 25.6 Å². The largest absolute Gasteiger partial charge is 0.341 e.